The molecule has 0 spiro atoms. The normalized spacial score (nSPS) is 12.3. The fourth-order valence-corrected chi connectivity index (χ4v) is 2.84. The molecule has 0 aliphatic heterocycles. The van der Waals surface area contributed by atoms with E-state index in [0.717, 1.165) is 25.2 Å². The van der Waals surface area contributed by atoms with Gasteiger partial charge >= 0.3 is 0 Å². The third-order valence-corrected chi connectivity index (χ3v) is 4.15. The molecule has 1 atom stereocenters. The molecule has 2 rings (SSSR count). The van der Waals surface area contributed by atoms with Gasteiger partial charge in [-0.25, -0.2) is 0 Å². The van der Waals surface area contributed by atoms with E-state index in [1.807, 2.05) is 7.05 Å². The minimum absolute atomic E-state index is 0.356. The lowest BCUT2D eigenvalue weighted by Crippen LogP contribution is -2.18. The second kappa shape index (κ2) is 8.08. The summed E-state index contributed by atoms with van der Waals surface area (Å²) in [5.41, 5.74) is 2.69. The van der Waals surface area contributed by atoms with Crippen molar-refractivity contribution in [3.63, 3.8) is 0 Å². The van der Waals surface area contributed by atoms with Crippen LogP contribution in [0.25, 0.3) is 0 Å². The van der Waals surface area contributed by atoms with Gasteiger partial charge in [-0.1, -0.05) is 25.5 Å². The summed E-state index contributed by atoms with van der Waals surface area (Å²) in [6, 6.07) is 11.0. The van der Waals surface area contributed by atoms with Crippen LogP contribution in [0.15, 0.2) is 41.1 Å². The summed E-state index contributed by atoms with van der Waals surface area (Å²) in [7, 11) is 2.02. The van der Waals surface area contributed by atoms with Crippen molar-refractivity contribution in [3.8, 4) is 5.75 Å². The van der Waals surface area contributed by atoms with E-state index in [-0.39, 0.29) is 0 Å². The van der Waals surface area contributed by atoms with Crippen molar-refractivity contribution in [2.24, 2.45) is 0 Å². The first-order chi connectivity index (χ1) is 9.83. The summed E-state index contributed by atoms with van der Waals surface area (Å²) in [5.74, 6) is 0.965. The van der Waals surface area contributed by atoms with Crippen LogP contribution in [-0.4, -0.2) is 13.7 Å². The van der Waals surface area contributed by atoms with Gasteiger partial charge in [0.25, 0.3) is 0 Å². The topological polar surface area (TPSA) is 21.3 Å². The van der Waals surface area contributed by atoms with E-state index in [0.29, 0.717) is 6.04 Å². The fourth-order valence-electron chi connectivity index (χ4n) is 2.16. The molecular weight excluding hydrogens is 266 g/mol. The Morgan fingerprint density at radius 3 is 2.60 bits per heavy atom. The van der Waals surface area contributed by atoms with Crippen molar-refractivity contribution in [1.29, 1.82) is 0 Å². The van der Waals surface area contributed by atoms with Crippen molar-refractivity contribution in [1.82, 2.24) is 5.32 Å². The van der Waals surface area contributed by atoms with Crippen LogP contribution >= 0.6 is 11.3 Å². The van der Waals surface area contributed by atoms with Gasteiger partial charge in [0.15, 0.2) is 0 Å². The van der Waals surface area contributed by atoms with Crippen LogP contribution in [0.5, 0.6) is 5.75 Å². The molecule has 0 aliphatic rings. The van der Waals surface area contributed by atoms with Crippen LogP contribution in [-0.2, 0) is 6.42 Å². The van der Waals surface area contributed by atoms with E-state index in [4.69, 9.17) is 4.74 Å². The summed E-state index contributed by atoms with van der Waals surface area (Å²) in [6.45, 7) is 2.98. The number of unbranched alkanes of at least 4 members (excludes halogenated alkanes) is 1. The van der Waals surface area contributed by atoms with E-state index >= 15 is 0 Å². The van der Waals surface area contributed by atoms with E-state index < -0.39 is 0 Å². The summed E-state index contributed by atoms with van der Waals surface area (Å²) in [6.07, 6.45) is 3.30. The van der Waals surface area contributed by atoms with Gasteiger partial charge in [0.2, 0.25) is 0 Å². The summed E-state index contributed by atoms with van der Waals surface area (Å²) in [4.78, 5) is 0. The van der Waals surface area contributed by atoms with Crippen LogP contribution < -0.4 is 10.1 Å². The number of hydrogen-bond acceptors (Lipinski definition) is 3. The molecule has 1 unspecified atom stereocenters. The van der Waals surface area contributed by atoms with Crippen molar-refractivity contribution in [3.05, 3.63) is 52.2 Å². The number of ether oxygens (including phenoxy) is 1. The Hall–Kier alpha value is -1.32. The smallest absolute Gasteiger partial charge is 0.119 e. The molecule has 1 heterocycles. The highest BCUT2D eigenvalue weighted by Gasteiger charge is 2.10. The number of rotatable bonds is 8. The van der Waals surface area contributed by atoms with Crippen LogP contribution in [0.1, 0.15) is 36.9 Å². The maximum absolute atomic E-state index is 5.70. The average molecular weight is 289 g/mol. The number of thiophene rings is 1. The maximum atomic E-state index is 5.70. The van der Waals surface area contributed by atoms with Gasteiger partial charge in [0.05, 0.1) is 6.61 Å². The highest BCUT2D eigenvalue weighted by Crippen LogP contribution is 2.22. The molecule has 2 nitrogen and oxygen atoms in total. The molecule has 1 N–H and O–H groups in total. The van der Waals surface area contributed by atoms with Crippen LogP contribution in [0.4, 0.5) is 0 Å². The first-order valence-electron chi connectivity index (χ1n) is 7.24. The van der Waals surface area contributed by atoms with Crippen molar-refractivity contribution in [2.75, 3.05) is 13.7 Å². The summed E-state index contributed by atoms with van der Waals surface area (Å²) in [5, 5.41) is 7.74. The zero-order valence-electron chi connectivity index (χ0n) is 12.3. The van der Waals surface area contributed by atoms with Crippen molar-refractivity contribution >= 4 is 11.3 Å². The van der Waals surface area contributed by atoms with Gasteiger partial charge in [-0.15, -0.1) is 0 Å². The van der Waals surface area contributed by atoms with Gasteiger partial charge in [0, 0.05) is 6.04 Å². The molecule has 0 radical (unpaired) electrons. The minimum atomic E-state index is 0.356. The lowest BCUT2D eigenvalue weighted by Gasteiger charge is -2.16. The SMILES string of the molecule is CCCCOc1ccc(C(Cc2ccsc2)NC)cc1. The number of benzene rings is 1. The largest absolute Gasteiger partial charge is 0.494 e. The van der Waals surface area contributed by atoms with E-state index in [1.54, 1.807) is 11.3 Å². The van der Waals surface area contributed by atoms with Gasteiger partial charge in [-0.2, -0.15) is 11.3 Å². The third kappa shape index (κ3) is 4.36. The van der Waals surface area contributed by atoms with Gasteiger partial charge in [-0.05, 0) is 60.0 Å². The second-order valence-electron chi connectivity index (χ2n) is 4.95. The van der Waals surface area contributed by atoms with E-state index in [9.17, 15) is 0 Å². The molecule has 0 saturated heterocycles. The summed E-state index contributed by atoms with van der Waals surface area (Å²) < 4.78 is 5.70. The quantitative estimate of drug-likeness (QED) is 0.726. The molecule has 1 aromatic carbocycles. The number of hydrogen-bond donors (Lipinski definition) is 1. The Labute approximate surface area is 125 Å². The number of nitrogens with one attached hydrogen (secondary N) is 1. The average Bonchev–Trinajstić information content (AvgIpc) is 2.99. The molecule has 0 fully saturated rings. The summed E-state index contributed by atoms with van der Waals surface area (Å²) >= 11 is 1.75. The number of likely N-dealkylation sites (N-methyl/N-ethyl adjacent to an activating group) is 1. The minimum Gasteiger partial charge on any atom is -0.494 e. The van der Waals surface area contributed by atoms with Crippen molar-refractivity contribution in [2.45, 2.75) is 32.2 Å². The predicted molar refractivity (Wildman–Crippen MR) is 86.7 cm³/mol. The molecule has 2 aromatic rings. The second-order valence-corrected chi connectivity index (χ2v) is 5.73. The molecule has 3 heteroatoms. The van der Waals surface area contributed by atoms with E-state index in [1.165, 1.54) is 17.5 Å². The first-order valence-corrected chi connectivity index (χ1v) is 8.19. The third-order valence-electron chi connectivity index (χ3n) is 3.42. The Kier molecular flexibility index (Phi) is 6.09. The van der Waals surface area contributed by atoms with E-state index in [2.05, 4.69) is 53.3 Å². The predicted octanol–water partition coefficient (Wildman–Crippen LogP) is 4.43. The van der Waals surface area contributed by atoms with Gasteiger partial charge in [-0.3, -0.25) is 0 Å². The standard InChI is InChI=1S/C17H23NOS/c1-3-4-10-19-16-7-5-15(6-8-16)17(18-2)12-14-9-11-20-13-14/h5-9,11,13,17-18H,3-4,10,12H2,1-2H3. The Morgan fingerprint density at radius 1 is 1.20 bits per heavy atom. The molecule has 0 aliphatic carbocycles. The molecule has 0 amide bonds. The van der Waals surface area contributed by atoms with Gasteiger partial charge < -0.3 is 10.1 Å². The Morgan fingerprint density at radius 2 is 2.00 bits per heavy atom. The highest BCUT2D eigenvalue weighted by atomic mass is 32.1. The zero-order valence-corrected chi connectivity index (χ0v) is 13.1. The molecule has 0 bridgehead atoms. The molecular formula is C17H23NOS. The molecule has 108 valence electrons. The zero-order chi connectivity index (χ0) is 14.2. The molecule has 1 aromatic heterocycles. The lowest BCUT2D eigenvalue weighted by molar-refractivity contribution is 0.309. The van der Waals surface area contributed by atoms with Crippen LogP contribution in [0.3, 0.4) is 0 Å². The first kappa shape index (κ1) is 15.1. The highest BCUT2D eigenvalue weighted by molar-refractivity contribution is 7.07. The molecule has 0 saturated carbocycles. The van der Waals surface area contributed by atoms with Crippen LogP contribution in [0.2, 0.25) is 0 Å². The fraction of sp³-hybridized carbons (Fsp3) is 0.412. The van der Waals surface area contributed by atoms with Crippen molar-refractivity contribution < 1.29 is 4.74 Å². The molecule has 20 heavy (non-hydrogen) atoms. The Balaban J connectivity index is 1.96. The maximum Gasteiger partial charge on any atom is 0.119 e. The lowest BCUT2D eigenvalue weighted by atomic mass is 10.0. The van der Waals surface area contributed by atoms with Gasteiger partial charge in [0.1, 0.15) is 5.75 Å². The Bertz CT molecular complexity index is 478. The van der Waals surface area contributed by atoms with Crippen LogP contribution in [0, 0.1) is 0 Å². The monoisotopic (exact) mass is 289 g/mol.